The molecule has 0 bridgehead atoms. The van der Waals surface area contributed by atoms with Crippen LogP contribution in [0, 0.1) is 6.92 Å². The number of nitrogens with one attached hydrogen (secondary N) is 2. The van der Waals surface area contributed by atoms with Gasteiger partial charge < -0.3 is 5.32 Å². The number of aromatic nitrogens is 3. The molecule has 1 atom stereocenters. The van der Waals surface area contributed by atoms with E-state index in [0.29, 0.717) is 11.7 Å². The van der Waals surface area contributed by atoms with E-state index in [2.05, 4.69) is 61.0 Å². The van der Waals surface area contributed by atoms with Crippen LogP contribution in [0.5, 0.6) is 0 Å². The van der Waals surface area contributed by atoms with Gasteiger partial charge in [0.05, 0.1) is 18.0 Å². The van der Waals surface area contributed by atoms with Crippen LogP contribution in [0.2, 0.25) is 0 Å². The Hall–Kier alpha value is -3.43. The molecule has 0 aliphatic carbocycles. The Balaban J connectivity index is 1.47. The van der Waals surface area contributed by atoms with E-state index in [9.17, 15) is 4.79 Å². The standard InChI is InChI=1S/C26H25BrN6OS/c1-18-11-13-22(14-12-18)28-17-24-30-32-26(33(24)23-9-4-3-5-10-23)35-19(2)25(34)31-29-16-20-7-6-8-21(27)15-20/h3-16,19,28H,17H2,1-2H3,(H,31,34)/b29-16-. The number of para-hydroxylation sites is 1. The fourth-order valence-corrected chi connectivity index (χ4v) is 4.54. The number of benzene rings is 3. The van der Waals surface area contributed by atoms with Gasteiger partial charge in [0.1, 0.15) is 0 Å². The number of aryl methyl sites for hydroxylation is 1. The lowest BCUT2D eigenvalue weighted by molar-refractivity contribution is -0.120. The summed E-state index contributed by atoms with van der Waals surface area (Å²) < 4.78 is 2.92. The molecular weight excluding hydrogens is 524 g/mol. The molecule has 35 heavy (non-hydrogen) atoms. The molecule has 0 aliphatic heterocycles. The molecule has 9 heteroatoms. The summed E-state index contributed by atoms with van der Waals surface area (Å²) in [5.74, 6) is 0.530. The first-order valence-corrected chi connectivity index (χ1v) is 12.7. The van der Waals surface area contributed by atoms with Gasteiger partial charge in [-0.2, -0.15) is 5.10 Å². The summed E-state index contributed by atoms with van der Waals surface area (Å²) in [5, 5.41) is 16.5. The molecule has 0 spiro atoms. The monoisotopic (exact) mass is 548 g/mol. The van der Waals surface area contributed by atoms with Gasteiger partial charge in [0.25, 0.3) is 5.91 Å². The lowest BCUT2D eigenvalue weighted by Crippen LogP contribution is -2.27. The van der Waals surface area contributed by atoms with Crippen LogP contribution < -0.4 is 10.7 Å². The van der Waals surface area contributed by atoms with Gasteiger partial charge in [-0.1, -0.05) is 75.7 Å². The van der Waals surface area contributed by atoms with E-state index in [4.69, 9.17) is 0 Å². The van der Waals surface area contributed by atoms with Crippen LogP contribution in [-0.2, 0) is 11.3 Å². The summed E-state index contributed by atoms with van der Waals surface area (Å²) in [7, 11) is 0. The SMILES string of the molecule is Cc1ccc(NCc2nnc(SC(C)C(=O)N/N=C\c3cccc(Br)c3)n2-c2ccccc2)cc1. The minimum absolute atomic E-state index is 0.219. The zero-order chi connectivity index (χ0) is 24.6. The van der Waals surface area contributed by atoms with E-state index in [-0.39, 0.29) is 5.91 Å². The summed E-state index contributed by atoms with van der Waals surface area (Å²) in [5.41, 5.74) is 6.63. The zero-order valence-electron chi connectivity index (χ0n) is 19.4. The van der Waals surface area contributed by atoms with E-state index in [1.807, 2.05) is 78.2 Å². The van der Waals surface area contributed by atoms with Crippen molar-refractivity contribution in [2.75, 3.05) is 5.32 Å². The second-order valence-electron chi connectivity index (χ2n) is 7.84. The third-order valence-electron chi connectivity index (χ3n) is 5.11. The normalized spacial score (nSPS) is 12.0. The summed E-state index contributed by atoms with van der Waals surface area (Å²) in [6.07, 6.45) is 1.61. The predicted molar refractivity (Wildman–Crippen MR) is 145 cm³/mol. The van der Waals surface area contributed by atoms with Gasteiger partial charge >= 0.3 is 0 Å². The highest BCUT2D eigenvalue weighted by atomic mass is 79.9. The number of carbonyl (C=O) groups excluding carboxylic acids is 1. The molecule has 4 aromatic rings. The molecule has 0 fully saturated rings. The number of carbonyl (C=O) groups is 1. The van der Waals surface area contributed by atoms with Gasteiger partial charge in [-0.25, -0.2) is 5.43 Å². The van der Waals surface area contributed by atoms with Crippen LogP contribution in [0.15, 0.2) is 93.6 Å². The molecule has 178 valence electrons. The van der Waals surface area contributed by atoms with Crippen LogP contribution >= 0.6 is 27.7 Å². The number of rotatable bonds is 9. The summed E-state index contributed by atoms with van der Waals surface area (Å²) in [6, 6.07) is 25.8. The number of hydrazone groups is 1. The maximum Gasteiger partial charge on any atom is 0.253 e. The second-order valence-corrected chi connectivity index (χ2v) is 10.1. The first-order valence-electron chi connectivity index (χ1n) is 11.0. The Morgan fingerprint density at radius 3 is 2.60 bits per heavy atom. The van der Waals surface area contributed by atoms with Crippen LogP contribution in [-0.4, -0.2) is 32.1 Å². The van der Waals surface area contributed by atoms with Gasteiger partial charge in [0.2, 0.25) is 0 Å². The van der Waals surface area contributed by atoms with E-state index in [1.165, 1.54) is 17.3 Å². The minimum Gasteiger partial charge on any atom is -0.378 e. The summed E-state index contributed by atoms with van der Waals surface area (Å²) in [6.45, 7) is 4.37. The molecule has 1 unspecified atom stereocenters. The average Bonchev–Trinajstić information content (AvgIpc) is 3.26. The van der Waals surface area contributed by atoms with Crippen molar-refractivity contribution >= 4 is 45.5 Å². The molecular formula is C26H25BrN6OS. The van der Waals surface area contributed by atoms with Gasteiger partial charge in [-0.3, -0.25) is 9.36 Å². The Kier molecular flexibility index (Phi) is 8.33. The number of thioether (sulfide) groups is 1. The number of halogens is 1. The maximum absolute atomic E-state index is 12.7. The summed E-state index contributed by atoms with van der Waals surface area (Å²) >= 11 is 4.76. The number of hydrogen-bond acceptors (Lipinski definition) is 6. The van der Waals surface area contributed by atoms with Gasteiger partial charge in [-0.15, -0.1) is 10.2 Å². The lowest BCUT2D eigenvalue weighted by atomic mass is 10.2. The fraction of sp³-hybridized carbons (Fsp3) is 0.154. The number of hydrogen-bond donors (Lipinski definition) is 2. The highest BCUT2D eigenvalue weighted by Crippen LogP contribution is 2.26. The quantitative estimate of drug-likeness (QED) is 0.162. The lowest BCUT2D eigenvalue weighted by Gasteiger charge is -2.13. The van der Waals surface area contributed by atoms with Crippen LogP contribution in [0.25, 0.3) is 5.69 Å². The summed E-state index contributed by atoms with van der Waals surface area (Å²) in [4.78, 5) is 12.7. The highest BCUT2D eigenvalue weighted by molar-refractivity contribution is 9.10. The molecule has 1 aromatic heterocycles. The van der Waals surface area contributed by atoms with E-state index < -0.39 is 5.25 Å². The maximum atomic E-state index is 12.7. The largest absolute Gasteiger partial charge is 0.378 e. The molecule has 2 N–H and O–H groups in total. The van der Waals surface area contributed by atoms with Crippen molar-refractivity contribution in [2.45, 2.75) is 30.8 Å². The second kappa shape index (κ2) is 11.8. The van der Waals surface area contributed by atoms with Crippen molar-refractivity contribution in [3.05, 3.63) is 100 Å². The van der Waals surface area contributed by atoms with Crippen molar-refractivity contribution < 1.29 is 4.79 Å². The fourth-order valence-electron chi connectivity index (χ4n) is 3.24. The Morgan fingerprint density at radius 1 is 1.09 bits per heavy atom. The molecule has 4 rings (SSSR count). The topological polar surface area (TPSA) is 84.2 Å². The van der Waals surface area contributed by atoms with Crippen LogP contribution in [0.3, 0.4) is 0 Å². The van der Waals surface area contributed by atoms with Gasteiger partial charge in [0.15, 0.2) is 11.0 Å². The molecule has 0 saturated heterocycles. The van der Waals surface area contributed by atoms with Crippen molar-refractivity contribution in [1.29, 1.82) is 0 Å². The van der Waals surface area contributed by atoms with Crippen molar-refractivity contribution in [3.8, 4) is 5.69 Å². The Bertz CT molecular complexity index is 1310. The number of nitrogens with zero attached hydrogens (tertiary/aromatic N) is 4. The minimum atomic E-state index is -0.431. The number of anilines is 1. The average molecular weight is 549 g/mol. The van der Waals surface area contributed by atoms with Crippen molar-refractivity contribution in [2.24, 2.45) is 5.10 Å². The highest BCUT2D eigenvalue weighted by Gasteiger charge is 2.21. The third kappa shape index (κ3) is 6.80. The van der Waals surface area contributed by atoms with Crippen LogP contribution in [0.4, 0.5) is 5.69 Å². The third-order valence-corrected chi connectivity index (χ3v) is 6.64. The van der Waals surface area contributed by atoms with Gasteiger partial charge in [0, 0.05) is 15.8 Å². The van der Waals surface area contributed by atoms with E-state index >= 15 is 0 Å². The molecule has 0 aliphatic rings. The van der Waals surface area contributed by atoms with Crippen molar-refractivity contribution in [1.82, 2.24) is 20.2 Å². The Labute approximate surface area is 217 Å². The van der Waals surface area contributed by atoms with E-state index in [1.54, 1.807) is 6.21 Å². The smallest absolute Gasteiger partial charge is 0.253 e. The van der Waals surface area contributed by atoms with Gasteiger partial charge in [-0.05, 0) is 55.8 Å². The van der Waals surface area contributed by atoms with E-state index in [0.717, 1.165) is 27.2 Å². The molecule has 1 heterocycles. The first-order chi connectivity index (χ1) is 17.0. The Morgan fingerprint density at radius 2 is 1.86 bits per heavy atom. The zero-order valence-corrected chi connectivity index (χ0v) is 21.8. The predicted octanol–water partition coefficient (Wildman–Crippen LogP) is 5.58. The number of amides is 1. The molecule has 0 radical (unpaired) electrons. The molecule has 0 saturated carbocycles. The molecule has 3 aromatic carbocycles. The van der Waals surface area contributed by atoms with Crippen LogP contribution in [0.1, 0.15) is 23.9 Å². The first kappa shape index (κ1) is 24.7. The molecule has 1 amide bonds. The van der Waals surface area contributed by atoms with Crippen molar-refractivity contribution in [3.63, 3.8) is 0 Å². The molecule has 7 nitrogen and oxygen atoms in total.